The zero-order valence-corrected chi connectivity index (χ0v) is 18.7. The van der Waals surface area contributed by atoms with Crippen molar-refractivity contribution in [2.24, 2.45) is 0 Å². The van der Waals surface area contributed by atoms with Crippen molar-refractivity contribution in [2.75, 3.05) is 11.1 Å². The van der Waals surface area contributed by atoms with Crippen LogP contribution in [0.3, 0.4) is 0 Å². The van der Waals surface area contributed by atoms with Gasteiger partial charge < -0.3 is 5.32 Å². The molecule has 1 atom stereocenters. The summed E-state index contributed by atoms with van der Waals surface area (Å²) in [4.78, 5) is 30.5. The van der Waals surface area contributed by atoms with Crippen LogP contribution in [0.5, 0.6) is 0 Å². The van der Waals surface area contributed by atoms with Crippen LogP contribution < -0.4 is 10.9 Å². The summed E-state index contributed by atoms with van der Waals surface area (Å²) in [6.45, 7) is 1.95. The number of alkyl halides is 3. The molecule has 5 rings (SSSR count). The van der Waals surface area contributed by atoms with Gasteiger partial charge in [-0.25, -0.2) is 9.67 Å². The normalized spacial score (nSPS) is 15.5. The van der Waals surface area contributed by atoms with Crippen LogP contribution in [0.4, 0.5) is 18.9 Å². The number of para-hydroxylation sites is 1. The van der Waals surface area contributed by atoms with Gasteiger partial charge in [-0.05, 0) is 42.8 Å². The number of amides is 1. The number of anilines is 1. The standard InChI is InChI=1S/C23H18F3N5O2S/c1-13-4-2-3-5-18(13)31-20-17(11-27-31)21(33)30-16(12-34-22(30)29-20)10-19(32)28-15-8-6-14(7-9-15)23(24,25)26/h2-9,11,16H,10,12H2,1H3,(H,28,32). The minimum Gasteiger partial charge on any atom is -0.326 e. The van der Waals surface area contributed by atoms with Crippen molar-refractivity contribution in [2.45, 2.75) is 30.7 Å². The molecule has 3 heterocycles. The summed E-state index contributed by atoms with van der Waals surface area (Å²) >= 11 is 1.38. The number of halogens is 3. The van der Waals surface area contributed by atoms with Crippen LogP contribution in [-0.2, 0) is 11.0 Å². The Morgan fingerprint density at radius 3 is 2.62 bits per heavy atom. The average Bonchev–Trinajstić information content (AvgIpc) is 3.39. The zero-order valence-electron chi connectivity index (χ0n) is 17.8. The summed E-state index contributed by atoms with van der Waals surface area (Å²) in [5, 5.41) is 7.81. The maximum atomic E-state index is 13.2. The van der Waals surface area contributed by atoms with Crippen molar-refractivity contribution in [1.82, 2.24) is 19.3 Å². The molecule has 0 aliphatic carbocycles. The van der Waals surface area contributed by atoms with Crippen molar-refractivity contribution in [3.63, 3.8) is 0 Å². The molecule has 34 heavy (non-hydrogen) atoms. The van der Waals surface area contributed by atoms with Crippen molar-refractivity contribution < 1.29 is 18.0 Å². The number of hydrogen-bond donors (Lipinski definition) is 1. The number of aromatic nitrogens is 4. The van der Waals surface area contributed by atoms with Crippen molar-refractivity contribution in [3.8, 4) is 5.69 Å². The largest absolute Gasteiger partial charge is 0.416 e. The second-order valence-corrected chi connectivity index (χ2v) is 8.93. The fourth-order valence-corrected chi connectivity index (χ4v) is 5.06. The van der Waals surface area contributed by atoms with Crippen LogP contribution in [0.15, 0.2) is 64.7 Å². The highest BCUT2D eigenvalue weighted by molar-refractivity contribution is 7.99. The first-order valence-electron chi connectivity index (χ1n) is 10.4. The fraction of sp³-hybridized carbons (Fsp3) is 0.217. The second-order valence-electron chi connectivity index (χ2n) is 7.94. The van der Waals surface area contributed by atoms with Gasteiger partial charge in [0.05, 0.1) is 23.5 Å². The Bertz CT molecular complexity index is 1460. The van der Waals surface area contributed by atoms with Gasteiger partial charge >= 0.3 is 6.18 Å². The number of rotatable bonds is 4. The summed E-state index contributed by atoms with van der Waals surface area (Å²) in [5.41, 5.74) is 1.44. The summed E-state index contributed by atoms with van der Waals surface area (Å²) in [6.07, 6.45) is -2.98. The van der Waals surface area contributed by atoms with Gasteiger partial charge in [0.1, 0.15) is 5.39 Å². The lowest BCUT2D eigenvalue weighted by molar-refractivity contribution is -0.137. The molecule has 1 N–H and O–H groups in total. The molecule has 0 bridgehead atoms. The Hall–Kier alpha value is -3.60. The van der Waals surface area contributed by atoms with Crippen LogP contribution in [0.2, 0.25) is 0 Å². The number of aryl methyl sites for hydroxylation is 1. The molecule has 4 aromatic rings. The highest BCUT2D eigenvalue weighted by atomic mass is 32.2. The van der Waals surface area contributed by atoms with E-state index >= 15 is 0 Å². The lowest BCUT2D eigenvalue weighted by atomic mass is 10.2. The molecule has 0 saturated carbocycles. The molecule has 7 nitrogen and oxygen atoms in total. The van der Waals surface area contributed by atoms with Gasteiger partial charge in [-0.2, -0.15) is 18.3 Å². The lowest BCUT2D eigenvalue weighted by Crippen LogP contribution is -2.27. The minimum absolute atomic E-state index is 0.0138. The predicted molar refractivity (Wildman–Crippen MR) is 122 cm³/mol. The monoisotopic (exact) mass is 485 g/mol. The molecule has 174 valence electrons. The Morgan fingerprint density at radius 2 is 1.91 bits per heavy atom. The number of benzene rings is 2. The van der Waals surface area contributed by atoms with Crippen LogP contribution in [-0.4, -0.2) is 31.0 Å². The maximum absolute atomic E-state index is 13.2. The highest BCUT2D eigenvalue weighted by Crippen LogP contribution is 2.34. The topological polar surface area (TPSA) is 81.8 Å². The Balaban J connectivity index is 1.39. The first-order chi connectivity index (χ1) is 16.2. The first-order valence-corrected chi connectivity index (χ1v) is 11.4. The first kappa shape index (κ1) is 22.2. The second kappa shape index (κ2) is 8.32. The van der Waals surface area contributed by atoms with Crippen LogP contribution in [0.25, 0.3) is 16.7 Å². The fourth-order valence-electron chi connectivity index (χ4n) is 3.93. The summed E-state index contributed by atoms with van der Waals surface area (Å²) in [7, 11) is 0. The number of nitrogens with one attached hydrogen (secondary N) is 1. The molecule has 2 aromatic carbocycles. The Morgan fingerprint density at radius 1 is 1.18 bits per heavy atom. The molecule has 1 aliphatic heterocycles. The molecule has 2 aromatic heterocycles. The molecular weight excluding hydrogens is 467 g/mol. The molecule has 1 amide bonds. The van der Waals surface area contributed by atoms with E-state index in [1.165, 1.54) is 34.7 Å². The third-order valence-electron chi connectivity index (χ3n) is 5.63. The van der Waals surface area contributed by atoms with Crippen molar-refractivity contribution in [3.05, 3.63) is 76.2 Å². The molecule has 0 spiro atoms. The van der Waals surface area contributed by atoms with E-state index in [2.05, 4.69) is 15.4 Å². The number of nitrogens with zero attached hydrogens (tertiary/aromatic N) is 4. The van der Waals surface area contributed by atoms with Crippen LogP contribution in [0.1, 0.15) is 23.6 Å². The van der Waals surface area contributed by atoms with Gasteiger partial charge in [0, 0.05) is 17.9 Å². The molecule has 0 radical (unpaired) electrons. The quantitative estimate of drug-likeness (QED) is 0.428. The molecule has 0 fully saturated rings. The number of carbonyl (C=O) groups excluding carboxylic acids is 1. The summed E-state index contributed by atoms with van der Waals surface area (Å²) in [6, 6.07) is 11.4. The van der Waals surface area contributed by atoms with Gasteiger partial charge in [0.15, 0.2) is 10.8 Å². The van der Waals surface area contributed by atoms with Gasteiger partial charge in [-0.15, -0.1) is 0 Å². The van der Waals surface area contributed by atoms with Gasteiger partial charge in [0.25, 0.3) is 5.56 Å². The van der Waals surface area contributed by atoms with Gasteiger partial charge in [-0.1, -0.05) is 30.0 Å². The number of carbonyl (C=O) groups is 1. The lowest BCUT2D eigenvalue weighted by Gasteiger charge is -2.14. The van der Waals surface area contributed by atoms with E-state index in [-0.39, 0.29) is 17.7 Å². The highest BCUT2D eigenvalue weighted by Gasteiger charge is 2.31. The third-order valence-corrected chi connectivity index (χ3v) is 6.73. The van der Waals surface area contributed by atoms with Crippen LogP contribution in [0, 0.1) is 6.92 Å². The summed E-state index contributed by atoms with van der Waals surface area (Å²) < 4.78 is 41.3. The van der Waals surface area contributed by atoms with E-state index in [0.29, 0.717) is 21.9 Å². The summed E-state index contributed by atoms with van der Waals surface area (Å²) in [5.74, 6) is 0.0772. The van der Waals surface area contributed by atoms with Gasteiger partial charge in [-0.3, -0.25) is 14.2 Å². The molecule has 1 aliphatic rings. The van der Waals surface area contributed by atoms with E-state index in [0.717, 1.165) is 23.4 Å². The Labute approximate surface area is 195 Å². The SMILES string of the molecule is Cc1ccccc1-n1ncc2c(=O)n3c(nc21)SCC3CC(=O)Nc1ccc(C(F)(F)F)cc1. The van der Waals surface area contributed by atoms with Gasteiger partial charge in [0.2, 0.25) is 5.91 Å². The molecular formula is C23H18F3N5O2S. The molecule has 1 unspecified atom stereocenters. The van der Waals surface area contributed by atoms with E-state index < -0.39 is 23.7 Å². The van der Waals surface area contributed by atoms with Crippen molar-refractivity contribution in [1.29, 1.82) is 0 Å². The average molecular weight is 485 g/mol. The number of fused-ring (bicyclic) bond motifs is 2. The number of hydrogen-bond acceptors (Lipinski definition) is 5. The van der Waals surface area contributed by atoms with E-state index in [1.807, 2.05) is 31.2 Å². The minimum atomic E-state index is -4.44. The van der Waals surface area contributed by atoms with Crippen LogP contribution >= 0.6 is 11.8 Å². The van der Waals surface area contributed by atoms with E-state index in [1.54, 1.807) is 4.68 Å². The number of thioether (sulfide) groups is 1. The van der Waals surface area contributed by atoms with E-state index in [4.69, 9.17) is 0 Å². The van der Waals surface area contributed by atoms with Crippen molar-refractivity contribution >= 4 is 34.4 Å². The third kappa shape index (κ3) is 3.96. The predicted octanol–water partition coefficient (Wildman–Crippen LogP) is 4.59. The Kier molecular flexibility index (Phi) is 5.43. The maximum Gasteiger partial charge on any atom is 0.416 e. The molecule has 0 saturated heterocycles. The molecule has 11 heteroatoms. The van der Waals surface area contributed by atoms with E-state index in [9.17, 15) is 22.8 Å². The smallest absolute Gasteiger partial charge is 0.326 e. The zero-order chi connectivity index (χ0) is 24.0.